The largest absolute Gasteiger partial charge is 0.353 e. The van der Waals surface area contributed by atoms with Gasteiger partial charge < -0.3 is 5.32 Å². The smallest absolute Gasteiger partial charge is 0.234 e. The number of hydrogen-bond donors (Lipinski definition) is 1. The third kappa shape index (κ3) is 4.63. The molecule has 3 rings (SSSR count). The maximum atomic E-state index is 11.9. The first-order valence-electron chi connectivity index (χ1n) is 8.86. The summed E-state index contributed by atoms with van der Waals surface area (Å²) < 4.78 is 2.17. The van der Waals surface area contributed by atoms with Gasteiger partial charge in [-0.15, -0.1) is 22.7 Å². The van der Waals surface area contributed by atoms with E-state index in [0.29, 0.717) is 13.1 Å². The van der Waals surface area contributed by atoms with Gasteiger partial charge in [0, 0.05) is 40.0 Å². The van der Waals surface area contributed by atoms with Gasteiger partial charge in [-0.05, 0) is 40.8 Å². The summed E-state index contributed by atoms with van der Waals surface area (Å²) in [6.45, 7) is 9.14. The van der Waals surface area contributed by atoms with Crippen molar-refractivity contribution in [1.82, 2.24) is 24.8 Å². The van der Waals surface area contributed by atoms with Gasteiger partial charge >= 0.3 is 0 Å². The Morgan fingerprint density at radius 1 is 1.33 bits per heavy atom. The molecule has 0 atom stereocenters. The Morgan fingerprint density at radius 2 is 2.11 bits per heavy atom. The van der Waals surface area contributed by atoms with Gasteiger partial charge in [0.2, 0.25) is 5.91 Å². The van der Waals surface area contributed by atoms with Crippen molar-refractivity contribution in [3.63, 3.8) is 0 Å². The standard InChI is InChI=1S/C19H25N5OS2/c1-12(2)21-17(25)9-23(5)10-18-22-16(11-27-18)15-8-13(3)24(14(15)4)19-20-6-7-26-19/h6-8,11-12H,9-10H2,1-5H3,(H,21,25). The molecule has 3 aromatic rings. The zero-order valence-electron chi connectivity index (χ0n) is 16.3. The predicted octanol–water partition coefficient (Wildman–Crippen LogP) is 3.63. The first-order chi connectivity index (χ1) is 12.8. The van der Waals surface area contributed by atoms with Gasteiger partial charge in [0.15, 0.2) is 5.13 Å². The fourth-order valence-corrected chi connectivity index (χ4v) is 4.67. The predicted molar refractivity (Wildman–Crippen MR) is 112 cm³/mol. The quantitative estimate of drug-likeness (QED) is 0.654. The number of aromatic nitrogens is 3. The first kappa shape index (κ1) is 19.7. The van der Waals surface area contributed by atoms with E-state index in [1.165, 1.54) is 0 Å². The summed E-state index contributed by atoms with van der Waals surface area (Å²) >= 11 is 3.25. The molecule has 3 aromatic heterocycles. The molecule has 0 bridgehead atoms. The summed E-state index contributed by atoms with van der Waals surface area (Å²) in [7, 11) is 1.94. The molecular weight excluding hydrogens is 378 g/mol. The molecule has 0 spiro atoms. The van der Waals surface area contributed by atoms with Gasteiger partial charge in [0.05, 0.1) is 18.8 Å². The fourth-order valence-electron chi connectivity index (χ4n) is 3.05. The lowest BCUT2D eigenvalue weighted by molar-refractivity contribution is -0.122. The van der Waals surface area contributed by atoms with E-state index in [4.69, 9.17) is 4.98 Å². The SMILES string of the molecule is Cc1cc(-c2csc(CN(C)CC(=O)NC(C)C)n2)c(C)n1-c1nccs1. The van der Waals surface area contributed by atoms with E-state index in [1.807, 2.05) is 37.4 Å². The summed E-state index contributed by atoms with van der Waals surface area (Å²) in [4.78, 5) is 23.1. The van der Waals surface area contributed by atoms with Crippen LogP contribution in [0.25, 0.3) is 16.4 Å². The van der Waals surface area contributed by atoms with Crippen LogP contribution in [-0.2, 0) is 11.3 Å². The Kier molecular flexibility index (Phi) is 6.08. The van der Waals surface area contributed by atoms with Gasteiger partial charge in [-0.2, -0.15) is 0 Å². The molecule has 144 valence electrons. The Hall–Kier alpha value is -2.03. The molecule has 8 heteroatoms. The molecule has 0 radical (unpaired) electrons. The van der Waals surface area contributed by atoms with Crippen molar-refractivity contribution >= 4 is 28.6 Å². The van der Waals surface area contributed by atoms with E-state index >= 15 is 0 Å². The zero-order chi connectivity index (χ0) is 19.6. The zero-order valence-corrected chi connectivity index (χ0v) is 17.9. The van der Waals surface area contributed by atoms with Crippen LogP contribution in [0.4, 0.5) is 0 Å². The molecule has 6 nitrogen and oxygen atoms in total. The molecule has 0 saturated heterocycles. The summed E-state index contributed by atoms with van der Waals surface area (Å²) in [5.41, 5.74) is 4.40. The fraction of sp³-hybridized carbons (Fsp3) is 0.421. The lowest BCUT2D eigenvalue weighted by atomic mass is 10.2. The van der Waals surface area contributed by atoms with E-state index in [2.05, 4.69) is 40.2 Å². The highest BCUT2D eigenvalue weighted by Gasteiger charge is 2.17. The second kappa shape index (κ2) is 8.33. The second-order valence-corrected chi connectivity index (χ2v) is 8.77. The minimum Gasteiger partial charge on any atom is -0.353 e. The average Bonchev–Trinajstić information content (AvgIpc) is 3.27. The van der Waals surface area contributed by atoms with Crippen molar-refractivity contribution in [1.29, 1.82) is 0 Å². The van der Waals surface area contributed by atoms with Gasteiger partial charge in [0.25, 0.3) is 0 Å². The number of aryl methyl sites for hydroxylation is 1. The van der Waals surface area contributed by atoms with Crippen LogP contribution < -0.4 is 5.32 Å². The molecule has 0 unspecified atom stereocenters. The molecule has 0 aliphatic carbocycles. The lowest BCUT2D eigenvalue weighted by Gasteiger charge is -2.16. The highest BCUT2D eigenvalue weighted by Crippen LogP contribution is 2.31. The van der Waals surface area contributed by atoms with Crippen LogP contribution in [0.1, 0.15) is 30.2 Å². The van der Waals surface area contributed by atoms with Crippen molar-refractivity contribution in [2.24, 2.45) is 0 Å². The molecule has 0 saturated carbocycles. The van der Waals surface area contributed by atoms with Gasteiger partial charge in [-0.1, -0.05) is 0 Å². The molecule has 0 aromatic carbocycles. The number of rotatable bonds is 7. The monoisotopic (exact) mass is 403 g/mol. The number of amides is 1. The number of nitrogens with one attached hydrogen (secondary N) is 1. The number of likely N-dealkylation sites (N-methyl/N-ethyl adjacent to an activating group) is 1. The normalized spacial score (nSPS) is 11.5. The third-order valence-electron chi connectivity index (χ3n) is 4.14. The van der Waals surface area contributed by atoms with Crippen molar-refractivity contribution in [2.75, 3.05) is 13.6 Å². The molecule has 0 aliphatic rings. The van der Waals surface area contributed by atoms with Crippen LogP contribution in [0.15, 0.2) is 23.0 Å². The van der Waals surface area contributed by atoms with Crippen LogP contribution in [-0.4, -0.2) is 45.0 Å². The summed E-state index contributed by atoms with van der Waals surface area (Å²) in [5.74, 6) is 0.0382. The lowest BCUT2D eigenvalue weighted by Crippen LogP contribution is -2.38. The molecule has 1 amide bonds. The van der Waals surface area contributed by atoms with Crippen molar-refractivity contribution in [2.45, 2.75) is 40.3 Å². The van der Waals surface area contributed by atoms with E-state index in [0.717, 1.165) is 32.8 Å². The van der Waals surface area contributed by atoms with E-state index in [9.17, 15) is 4.79 Å². The highest BCUT2D eigenvalue weighted by atomic mass is 32.1. The van der Waals surface area contributed by atoms with Crippen molar-refractivity contribution < 1.29 is 4.79 Å². The van der Waals surface area contributed by atoms with Crippen LogP contribution in [0.5, 0.6) is 0 Å². The number of carbonyl (C=O) groups is 1. The van der Waals surface area contributed by atoms with Gasteiger partial charge in [0.1, 0.15) is 5.01 Å². The van der Waals surface area contributed by atoms with E-state index < -0.39 is 0 Å². The molecule has 0 aliphatic heterocycles. The Balaban J connectivity index is 1.73. The number of hydrogen-bond acceptors (Lipinski definition) is 6. The molecule has 0 fully saturated rings. The van der Waals surface area contributed by atoms with Crippen LogP contribution >= 0.6 is 22.7 Å². The second-order valence-electron chi connectivity index (χ2n) is 6.96. The van der Waals surface area contributed by atoms with Gasteiger partial charge in [-0.3, -0.25) is 14.3 Å². The topological polar surface area (TPSA) is 63.1 Å². The minimum absolute atomic E-state index is 0.0382. The molecule has 1 N–H and O–H groups in total. The van der Waals surface area contributed by atoms with Crippen LogP contribution in [0, 0.1) is 13.8 Å². The van der Waals surface area contributed by atoms with Gasteiger partial charge in [-0.25, -0.2) is 9.97 Å². The van der Waals surface area contributed by atoms with Crippen molar-refractivity contribution in [3.05, 3.63) is 39.4 Å². The van der Waals surface area contributed by atoms with E-state index in [-0.39, 0.29) is 11.9 Å². The average molecular weight is 404 g/mol. The van der Waals surface area contributed by atoms with E-state index in [1.54, 1.807) is 22.7 Å². The summed E-state index contributed by atoms with van der Waals surface area (Å²) in [6.07, 6.45) is 1.82. The maximum absolute atomic E-state index is 11.9. The minimum atomic E-state index is 0.0382. The number of thiazole rings is 2. The molecule has 27 heavy (non-hydrogen) atoms. The molecule has 3 heterocycles. The molecular formula is C19H25N5OS2. The maximum Gasteiger partial charge on any atom is 0.234 e. The van der Waals surface area contributed by atoms with Crippen LogP contribution in [0.2, 0.25) is 0 Å². The first-order valence-corrected chi connectivity index (χ1v) is 10.6. The summed E-state index contributed by atoms with van der Waals surface area (Å²) in [5, 5.41) is 8.97. The summed E-state index contributed by atoms with van der Waals surface area (Å²) in [6, 6.07) is 2.32. The third-order valence-corrected chi connectivity index (χ3v) is 5.73. The Labute approximate surface area is 167 Å². The Bertz CT molecular complexity index is 911. The number of nitrogens with zero attached hydrogens (tertiary/aromatic N) is 4. The Morgan fingerprint density at radius 3 is 2.78 bits per heavy atom. The number of carbonyl (C=O) groups excluding carboxylic acids is 1. The van der Waals surface area contributed by atoms with Crippen LogP contribution in [0.3, 0.4) is 0 Å². The highest BCUT2D eigenvalue weighted by molar-refractivity contribution is 7.12. The van der Waals surface area contributed by atoms with Crippen molar-refractivity contribution in [3.8, 4) is 16.4 Å².